The molecule has 1 fully saturated rings. The van der Waals surface area contributed by atoms with Crippen LogP contribution >= 0.6 is 0 Å². The summed E-state index contributed by atoms with van der Waals surface area (Å²) in [4.78, 5) is 4.44. The first-order valence-electron chi connectivity index (χ1n) is 6.24. The summed E-state index contributed by atoms with van der Waals surface area (Å²) in [6.07, 6.45) is 2.25. The summed E-state index contributed by atoms with van der Waals surface area (Å²) in [5.41, 5.74) is 7.38. The van der Waals surface area contributed by atoms with E-state index in [0.717, 1.165) is 43.3 Å². The minimum Gasteiger partial charge on any atom is -0.397 e. The zero-order valence-electron chi connectivity index (χ0n) is 10.6. The third-order valence-electron chi connectivity index (χ3n) is 3.48. The van der Waals surface area contributed by atoms with E-state index in [2.05, 4.69) is 17.2 Å². The number of nitrogens with one attached hydrogen (secondary N) is 1. The van der Waals surface area contributed by atoms with Crippen LogP contribution in [0.2, 0.25) is 0 Å². The molecule has 1 saturated heterocycles. The first-order valence-corrected chi connectivity index (χ1v) is 6.24. The van der Waals surface area contributed by atoms with Crippen molar-refractivity contribution in [2.24, 2.45) is 5.92 Å². The highest BCUT2D eigenvalue weighted by atomic mass is 16.5. The third-order valence-corrected chi connectivity index (χ3v) is 3.48. The Morgan fingerprint density at radius 1 is 1.41 bits per heavy atom. The molecule has 4 nitrogen and oxygen atoms in total. The fraction of sp³-hybridized carbons (Fsp3) is 0.615. The van der Waals surface area contributed by atoms with Crippen molar-refractivity contribution >= 4 is 11.5 Å². The van der Waals surface area contributed by atoms with Gasteiger partial charge in [-0.2, -0.15) is 0 Å². The van der Waals surface area contributed by atoms with Crippen LogP contribution in [0.4, 0.5) is 11.5 Å². The summed E-state index contributed by atoms with van der Waals surface area (Å²) >= 11 is 0. The molecule has 1 aromatic rings. The summed E-state index contributed by atoms with van der Waals surface area (Å²) < 4.78 is 5.37. The zero-order valence-corrected chi connectivity index (χ0v) is 10.6. The van der Waals surface area contributed by atoms with E-state index in [0.29, 0.717) is 12.0 Å². The van der Waals surface area contributed by atoms with Gasteiger partial charge in [0.2, 0.25) is 0 Å². The van der Waals surface area contributed by atoms with Crippen LogP contribution in [0.25, 0.3) is 0 Å². The lowest BCUT2D eigenvalue weighted by Crippen LogP contribution is -2.31. The summed E-state index contributed by atoms with van der Waals surface area (Å²) in [6, 6.07) is 4.27. The van der Waals surface area contributed by atoms with Gasteiger partial charge in [-0.1, -0.05) is 0 Å². The molecule has 3 N–H and O–H groups in total. The van der Waals surface area contributed by atoms with Gasteiger partial charge in [0.05, 0.1) is 11.4 Å². The molecule has 2 heterocycles. The maximum atomic E-state index is 5.76. The molecule has 0 bridgehead atoms. The summed E-state index contributed by atoms with van der Waals surface area (Å²) in [6.45, 7) is 5.90. The van der Waals surface area contributed by atoms with Crippen molar-refractivity contribution in [2.75, 3.05) is 24.3 Å². The number of nitrogens with two attached hydrogens (primary N) is 1. The second-order valence-electron chi connectivity index (χ2n) is 4.75. The molecule has 1 unspecified atom stereocenters. The van der Waals surface area contributed by atoms with Crippen LogP contribution in [-0.4, -0.2) is 24.2 Å². The quantitative estimate of drug-likeness (QED) is 0.843. The van der Waals surface area contributed by atoms with Gasteiger partial charge >= 0.3 is 0 Å². The largest absolute Gasteiger partial charge is 0.397 e. The van der Waals surface area contributed by atoms with Gasteiger partial charge in [-0.15, -0.1) is 0 Å². The van der Waals surface area contributed by atoms with E-state index in [-0.39, 0.29) is 0 Å². The molecule has 1 aromatic heterocycles. The molecule has 0 aromatic carbocycles. The number of nitrogens with zero attached hydrogens (tertiary/aromatic N) is 1. The van der Waals surface area contributed by atoms with Crippen molar-refractivity contribution < 1.29 is 4.74 Å². The number of aryl methyl sites for hydroxylation is 1. The zero-order chi connectivity index (χ0) is 12.3. The molecular weight excluding hydrogens is 214 g/mol. The highest BCUT2D eigenvalue weighted by Gasteiger charge is 2.20. The van der Waals surface area contributed by atoms with Gasteiger partial charge < -0.3 is 15.8 Å². The molecule has 1 aliphatic rings. The van der Waals surface area contributed by atoms with Crippen LogP contribution in [0.1, 0.15) is 25.5 Å². The van der Waals surface area contributed by atoms with Crippen molar-refractivity contribution in [3.8, 4) is 0 Å². The number of pyridine rings is 1. The van der Waals surface area contributed by atoms with E-state index >= 15 is 0 Å². The molecule has 0 spiro atoms. The van der Waals surface area contributed by atoms with E-state index in [9.17, 15) is 0 Å². The summed E-state index contributed by atoms with van der Waals surface area (Å²) in [5, 5.41) is 3.46. The predicted octanol–water partition coefficient (Wildman–Crippen LogP) is 2.20. The van der Waals surface area contributed by atoms with Gasteiger partial charge in [0, 0.05) is 19.3 Å². The molecule has 0 saturated carbocycles. The van der Waals surface area contributed by atoms with Gasteiger partial charge in [-0.3, -0.25) is 0 Å². The van der Waals surface area contributed by atoms with Crippen molar-refractivity contribution in [1.82, 2.24) is 4.98 Å². The maximum Gasteiger partial charge on any atom is 0.126 e. The monoisotopic (exact) mass is 235 g/mol. The molecule has 4 heteroatoms. The first-order chi connectivity index (χ1) is 8.16. The molecule has 0 amide bonds. The number of ether oxygens (including phenoxy) is 1. The molecule has 94 valence electrons. The van der Waals surface area contributed by atoms with Gasteiger partial charge in [-0.25, -0.2) is 4.98 Å². The maximum absolute atomic E-state index is 5.76. The second-order valence-corrected chi connectivity index (χ2v) is 4.75. The van der Waals surface area contributed by atoms with Crippen LogP contribution in [0, 0.1) is 12.8 Å². The highest BCUT2D eigenvalue weighted by Crippen LogP contribution is 2.21. The lowest BCUT2D eigenvalue weighted by Gasteiger charge is -2.28. The second kappa shape index (κ2) is 5.36. The standard InChI is InChI=1S/C13H21N3O/c1-9(11-5-7-17-8-6-11)15-13-4-3-12(14)10(2)16-13/h3-4,9,11H,5-8,14H2,1-2H3,(H,15,16). The van der Waals surface area contributed by atoms with Gasteiger partial charge in [0.25, 0.3) is 0 Å². The van der Waals surface area contributed by atoms with E-state index < -0.39 is 0 Å². The topological polar surface area (TPSA) is 60.2 Å². The van der Waals surface area contributed by atoms with Gasteiger partial charge in [0.1, 0.15) is 5.82 Å². The minimum absolute atomic E-state index is 0.425. The van der Waals surface area contributed by atoms with Crippen LogP contribution in [-0.2, 0) is 4.74 Å². The number of aromatic nitrogens is 1. The molecule has 2 rings (SSSR count). The Morgan fingerprint density at radius 2 is 2.12 bits per heavy atom. The fourth-order valence-corrected chi connectivity index (χ4v) is 2.22. The Bertz CT molecular complexity index is 375. The molecule has 0 aliphatic carbocycles. The Balaban J connectivity index is 1.96. The Labute approximate surface area is 103 Å². The van der Waals surface area contributed by atoms with Crippen molar-refractivity contribution in [3.05, 3.63) is 17.8 Å². The van der Waals surface area contributed by atoms with E-state index in [1.54, 1.807) is 0 Å². The van der Waals surface area contributed by atoms with Gasteiger partial charge in [-0.05, 0) is 44.7 Å². The first kappa shape index (κ1) is 12.2. The van der Waals surface area contributed by atoms with Crippen molar-refractivity contribution in [3.63, 3.8) is 0 Å². The number of anilines is 2. The van der Waals surface area contributed by atoms with E-state index in [1.165, 1.54) is 0 Å². The average Bonchev–Trinajstić information content (AvgIpc) is 2.35. The van der Waals surface area contributed by atoms with Crippen LogP contribution in [0.3, 0.4) is 0 Å². The lowest BCUT2D eigenvalue weighted by molar-refractivity contribution is 0.0622. The average molecular weight is 235 g/mol. The molecular formula is C13H21N3O. The number of nitrogen functional groups attached to an aromatic ring is 1. The van der Waals surface area contributed by atoms with Crippen molar-refractivity contribution in [1.29, 1.82) is 0 Å². The van der Waals surface area contributed by atoms with Crippen LogP contribution in [0.15, 0.2) is 12.1 Å². The molecule has 0 radical (unpaired) electrons. The Kier molecular flexibility index (Phi) is 3.84. The highest BCUT2D eigenvalue weighted by molar-refractivity contribution is 5.49. The number of rotatable bonds is 3. The molecule has 1 atom stereocenters. The minimum atomic E-state index is 0.425. The molecule has 1 aliphatic heterocycles. The van der Waals surface area contributed by atoms with Crippen LogP contribution in [0.5, 0.6) is 0 Å². The van der Waals surface area contributed by atoms with Gasteiger partial charge in [0.15, 0.2) is 0 Å². The lowest BCUT2D eigenvalue weighted by atomic mass is 9.93. The smallest absolute Gasteiger partial charge is 0.126 e. The van der Waals surface area contributed by atoms with Crippen molar-refractivity contribution in [2.45, 2.75) is 32.7 Å². The van der Waals surface area contributed by atoms with E-state index in [1.807, 2.05) is 19.1 Å². The summed E-state index contributed by atoms with van der Waals surface area (Å²) in [7, 11) is 0. The summed E-state index contributed by atoms with van der Waals surface area (Å²) in [5.74, 6) is 1.58. The third kappa shape index (κ3) is 3.09. The Morgan fingerprint density at radius 3 is 2.76 bits per heavy atom. The Hall–Kier alpha value is -1.29. The fourth-order valence-electron chi connectivity index (χ4n) is 2.22. The number of hydrogen-bond acceptors (Lipinski definition) is 4. The SMILES string of the molecule is Cc1nc(NC(C)C2CCOCC2)ccc1N. The number of hydrogen-bond donors (Lipinski definition) is 2. The molecule has 17 heavy (non-hydrogen) atoms. The van der Waals surface area contributed by atoms with E-state index in [4.69, 9.17) is 10.5 Å². The normalized spacial score (nSPS) is 18.9. The van der Waals surface area contributed by atoms with Crippen LogP contribution < -0.4 is 11.1 Å². The predicted molar refractivity (Wildman–Crippen MR) is 70.0 cm³/mol.